The third-order valence-electron chi connectivity index (χ3n) is 4.09. The Bertz CT molecular complexity index is 699. The molecule has 0 atom stereocenters. The lowest BCUT2D eigenvalue weighted by Crippen LogP contribution is -2.39. The molecule has 0 fully saturated rings. The molecule has 1 heterocycles. The van der Waals surface area contributed by atoms with E-state index in [9.17, 15) is 9.59 Å². The van der Waals surface area contributed by atoms with Crippen molar-refractivity contribution in [2.45, 2.75) is 39.7 Å². The number of benzene rings is 1. The zero-order chi connectivity index (χ0) is 18.8. The zero-order valence-electron chi connectivity index (χ0n) is 16.0. The smallest absolute Gasteiger partial charge is 0.410 e. The van der Waals surface area contributed by atoms with E-state index in [4.69, 9.17) is 4.74 Å². The van der Waals surface area contributed by atoms with Gasteiger partial charge in [0.05, 0.1) is 0 Å². The molecule has 25 heavy (non-hydrogen) atoms. The van der Waals surface area contributed by atoms with Crippen molar-refractivity contribution in [3.63, 3.8) is 0 Å². The molecule has 0 radical (unpaired) electrons. The summed E-state index contributed by atoms with van der Waals surface area (Å²) in [4.78, 5) is 27.5. The third kappa shape index (κ3) is 4.84. The first-order chi connectivity index (χ1) is 11.6. The number of amides is 2. The summed E-state index contributed by atoms with van der Waals surface area (Å²) in [5, 5.41) is 0. The predicted octanol–water partition coefficient (Wildman–Crippen LogP) is 3.72. The molecule has 1 aliphatic rings. The van der Waals surface area contributed by atoms with Crippen molar-refractivity contribution < 1.29 is 14.3 Å². The second-order valence-corrected chi connectivity index (χ2v) is 7.64. The lowest BCUT2D eigenvalue weighted by Gasteiger charge is -2.30. The first-order valence-electron chi connectivity index (χ1n) is 8.58. The molecule has 2 amide bonds. The topological polar surface area (TPSA) is 49.9 Å². The minimum atomic E-state index is -0.480. The van der Waals surface area contributed by atoms with Gasteiger partial charge in [0.2, 0.25) is 0 Å². The molecule has 2 rings (SSSR count). The normalized spacial score (nSPS) is 14.8. The van der Waals surface area contributed by atoms with E-state index in [0.717, 1.165) is 17.5 Å². The van der Waals surface area contributed by atoms with Crippen LogP contribution in [0.15, 0.2) is 24.3 Å². The van der Waals surface area contributed by atoms with E-state index in [1.165, 1.54) is 5.57 Å². The quantitative estimate of drug-likeness (QED) is 0.821. The van der Waals surface area contributed by atoms with Crippen LogP contribution in [-0.4, -0.2) is 54.6 Å². The van der Waals surface area contributed by atoms with E-state index in [2.05, 4.69) is 6.08 Å². The van der Waals surface area contributed by atoms with Crippen molar-refractivity contribution in [1.82, 2.24) is 9.80 Å². The first-order valence-corrected chi connectivity index (χ1v) is 8.58. The zero-order valence-corrected chi connectivity index (χ0v) is 16.0. The largest absolute Gasteiger partial charge is 0.444 e. The van der Waals surface area contributed by atoms with Crippen molar-refractivity contribution in [1.29, 1.82) is 0 Å². The summed E-state index contributed by atoms with van der Waals surface area (Å²) < 4.78 is 5.42. The maximum Gasteiger partial charge on any atom is 0.410 e. The summed E-state index contributed by atoms with van der Waals surface area (Å²) in [6.07, 6.45) is 2.58. The van der Waals surface area contributed by atoms with Crippen LogP contribution in [-0.2, 0) is 4.74 Å². The number of carbonyl (C=O) groups excluding carboxylic acids is 2. The van der Waals surface area contributed by atoms with Crippen LogP contribution in [0.4, 0.5) is 4.79 Å². The highest BCUT2D eigenvalue weighted by atomic mass is 16.6. The summed E-state index contributed by atoms with van der Waals surface area (Å²) in [6.45, 7) is 8.81. The van der Waals surface area contributed by atoms with Crippen LogP contribution in [0.2, 0.25) is 0 Å². The molecular weight excluding hydrogens is 316 g/mol. The highest BCUT2D eigenvalue weighted by molar-refractivity contribution is 5.94. The highest BCUT2D eigenvalue weighted by Crippen LogP contribution is 2.27. The summed E-state index contributed by atoms with van der Waals surface area (Å²) in [5.74, 6) is 0.00312. The number of carbonyl (C=O) groups is 2. The molecule has 5 heteroatoms. The van der Waals surface area contributed by atoms with Crippen LogP contribution in [0, 0.1) is 6.92 Å². The Morgan fingerprint density at radius 3 is 2.36 bits per heavy atom. The molecule has 0 spiro atoms. The molecule has 136 valence electrons. The monoisotopic (exact) mass is 344 g/mol. The molecule has 0 aliphatic carbocycles. The molecule has 5 nitrogen and oxygen atoms in total. The van der Waals surface area contributed by atoms with Gasteiger partial charge in [0, 0.05) is 32.7 Å². The summed E-state index contributed by atoms with van der Waals surface area (Å²) in [6, 6.07) is 5.80. The summed E-state index contributed by atoms with van der Waals surface area (Å²) in [7, 11) is 3.50. The number of nitrogens with zero attached hydrogens (tertiary/aromatic N) is 2. The molecule has 0 saturated carbocycles. The van der Waals surface area contributed by atoms with Gasteiger partial charge in [-0.15, -0.1) is 0 Å². The second kappa shape index (κ2) is 7.30. The summed E-state index contributed by atoms with van der Waals surface area (Å²) in [5.41, 5.74) is 3.63. The fourth-order valence-electron chi connectivity index (χ4n) is 2.82. The van der Waals surface area contributed by atoms with Crippen molar-refractivity contribution in [3.05, 3.63) is 41.0 Å². The van der Waals surface area contributed by atoms with Gasteiger partial charge in [-0.1, -0.05) is 12.1 Å². The van der Waals surface area contributed by atoms with Crippen LogP contribution in [0.5, 0.6) is 0 Å². The van der Waals surface area contributed by atoms with Crippen LogP contribution in [0.3, 0.4) is 0 Å². The van der Waals surface area contributed by atoms with Crippen molar-refractivity contribution >= 4 is 17.6 Å². The molecule has 1 aliphatic heterocycles. The van der Waals surface area contributed by atoms with Gasteiger partial charge in [0.15, 0.2) is 0 Å². The first kappa shape index (κ1) is 19.0. The van der Waals surface area contributed by atoms with Gasteiger partial charge in [-0.25, -0.2) is 4.79 Å². The Balaban J connectivity index is 2.11. The minimum absolute atomic E-state index is 0.00312. The highest BCUT2D eigenvalue weighted by Gasteiger charge is 2.24. The Kier molecular flexibility index (Phi) is 5.55. The molecule has 1 aromatic rings. The van der Waals surface area contributed by atoms with Gasteiger partial charge >= 0.3 is 6.09 Å². The standard InChI is InChI=1S/C20H28N2O3/c1-14-13-16(18(23)21(5)6)7-8-17(14)15-9-11-22(12-10-15)19(24)25-20(2,3)4/h7-9,13H,10-12H2,1-6H3. The van der Waals surface area contributed by atoms with Crippen molar-refractivity contribution in [3.8, 4) is 0 Å². The van der Waals surface area contributed by atoms with E-state index in [1.807, 2.05) is 45.9 Å². The van der Waals surface area contributed by atoms with Crippen LogP contribution in [0.25, 0.3) is 5.57 Å². The molecule has 0 N–H and O–H groups in total. The number of hydrogen-bond donors (Lipinski definition) is 0. The van der Waals surface area contributed by atoms with Crippen LogP contribution < -0.4 is 0 Å². The predicted molar refractivity (Wildman–Crippen MR) is 99.6 cm³/mol. The number of aryl methyl sites for hydroxylation is 1. The SMILES string of the molecule is Cc1cc(C(=O)N(C)C)ccc1C1=CCN(C(=O)OC(C)(C)C)CC1. The van der Waals surface area contributed by atoms with E-state index in [1.54, 1.807) is 23.9 Å². The third-order valence-corrected chi connectivity index (χ3v) is 4.09. The minimum Gasteiger partial charge on any atom is -0.444 e. The molecule has 0 aromatic heterocycles. The number of rotatable bonds is 2. The van der Waals surface area contributed by atoms with Gasteiger partial charge in [0.25, 0.3) is 5.91 Å². The van der Waals surface area contributed by atoms with Gasteiger partial charge in [-0.3, -0.25) is 4.79 Å². The van der Waals surface area contributed by atoms with Gasteiger partial charge in [-0.2, -0.15) is 0 Å². The maximum atomic E-state index is 12.1. The van der Waals surface area contributed by atoms with Crippen molar-refractivity contribution in [2.24, 2.45) is 0 Å². The van der Waals surface area contributed by atoms with Crippen LogP contribution in [0.1, 0.15) is 48.7 Å². The fraction of sp³-hybridized carbons (Fsp3) is 0.500. The van der Waals surface area contributed by atoms with E-state index >= 15 is 0 Å². The van der Waals surface area contributed by atoms with E-state index < -0.39 is 5.60 Å². The molecule has 1 aromatic carbocycles. The molecule has 0 saturated heterocycles. The lowest BCUT2D eigenvalue weighted by molar-refractivity contribution is 0.0270. The Morgan fingerprint density at radius 2 is 1.88 bits per heavy atom. The second-order valence-electron chi connectivity index (χ2n) is 7.64. The average Bonchev–Trinajstić information content (AvgIpc) is 2.52. The van der Waals surface area contributed by atoms with E-state index in [-0.39, 0.29) is 12.0 Å². The molecular formula is C20H28N2O3. The summed E-state index contributed by atoms with van der Waals surface area (Å²) >= 11 is 0. The van der Waals surface area contributed by atoms with Gasteiger partial charge in [0.1, 0.15) is 5.60 Å². The Morgan fingerprint density at radius 1 is 1.20 bits per heavy atom. The van der Waals surface area contributed by atoms with E-state index in [0.29, 0.717) is 18.7 Å². The molecule has 0 unspecified atom stereocenters. The number of hydrogen-bond acceptors (Lipinski definition) is 3. The fourth-order valence-corrected chi connectivity index (χ4v) is 2.82. The van der Waals surface area contributed by atoms with Crippen LogP contribution >= 0.6 is 0 Å². The lowest BCUT2D eigenvalue weighted by atomic mass is 9.94. The molecule has 0 bridgehead atoms. The van der Waals surface area contributed by atoms with Gasteiger partial charge < -0.3 is 14.5 Å². The Hall–Kier alpha value is -2.30. The number of ether oxygens (including phenoxy) is 1. The Labute approximate surface area is 150 Å². The van der Waals surface area contributed by atoms with Crippen molar-refractivity contribution in [2.75, 3.05) is 27.2 Å². The average molecular weight is 344 g/mol. The maximum absolute atomic E-state index is 12.1. The van der Waals surface area contributed by atoms with Gasteiger partial charge in [-0.05, 0) is 62.9 Å².